The van der Waals surface area contributed by atoms with E-state index < -0.39 is 0 Å². The van der Waals surface area contributed by atoms with Crippen molar-refractivity contribution in [3.05, 3.63) is 0 Å². The van der Waals surface area contributed by atoms with Crippen molar-refractivity contribution in [1.29, 1.82) is 0 Å². The van der Waals surface area contributed by atoms with Gasteiger partial charge in [-0.3, -0.25) is 0 Å². The van der Waals surface area contributed by atoms with Crippen molar-refractivity contribution < 1.29 is 4.74 Å². The minimum absolute atomic E-state index is 0.203. The molecule has 2 nitrogen and oxygen atoms in total. The summed E-state index contributed by atoms with van der Waals surface area (Å²) in [5.74, 6) is 0. The molecule has 0 rings (SSSR count). The lowest BCUT2D eigenvalue weighted by Gasteiger charge is -2.20. The molecular formula is C13H29NO. The third kappa shape index (κ3) is 13.9. The summed E-state index contributed by atoms with van der Waals surface area (Å²) in [5, 5.41) is 3.40. The highest BCUT2D eigenvalue weighted by molar-refractivity contribution is 4.69. The predicted octanol–water partition coefficient (Wildman–Crippen LogP) is 3.22. The molecule has 0 unspecified atom stereocenters. The molecule has 0 amide bonds. The number of hydrogen-bond donors (Lipinski definition) is 1. The zero-order chi connectivity index (χ0) is 11.9. The molecule has 2 heteroatoms. The summed E-state index contributed by atoms with van der Waals surface area (Å²) in [4.78, 5) is 0. The van der Waals surface area contributed by atoms with Gasteiger partial charge in [0.1, 0.15) is 0 Å². The molecule has 1 N–H and O–H groups in total. The standard InChI is InChI=1S/C13H29NO/c1-12(2,3)8-7-10-15-11-9-14-13(4,5)6/h14H,7-11H2,1-6H3. The Labute approximate surface area is 95.8 Å². The molecule has 0 bridgehead atoms. The topological polar surface area (TPSA) is 21.3 Å². The summed E-state index contributed by atoms with van der Waals surface area (Å²) < 4.78 is 5.56. The van der Waals surface area contributed by atoms with Gasteiger partial charge in [-0.05, 0) is 39.0 Å². The van der Waals surface area contributed by atoms with Crippen LogP contribution < -0.4 is 5.32 Å². The van der Waals surface area contributed by atoms with Crippen LogP contribution in [0, 0.1) is 5.41 Å². The lowest BCUT2D eigenvalue weighted by Crippen LogP contribution is -2.38. The number of nitrogens with one attached hydrogen (secondary N) is 1. The molecule has 0 aliphatic rings. The Bertz CT molecular complexity index is 135. The second kappa shape index (κ2) is 6.49. The average molecular weight is 215 g/mol. The molecule has 0 aromatic carbocycles. The Hall–Kier alpha value is -0.0800. The fraction of sp³-hybridized carbons (Fsp3) is 1.00. The Balaban J connectivity index is 3.20. The van der Waals surface area contributed by atoms with Gasteiger partial charge in [0.15, 0.2) is 0 Å². The van der Waals surface area contributed by atoms with Gasteiger partial charge >= 0.3 is 0 Å². The van der Waals surface area contributed by atoms with Gasteiger partial charge in [-0.25, -0.2) is 0 Å². The largest absolute Gasteiger partial charge is 0.380 e. The van der Waals surface area contributed by atoms with Crippen LogP contribution in [0.15, 0.2) is 0 Å². The highest BCUT2D eigenvalue weighted by Gasteiger charge is 2.09. The Morgan fingerprint density at radius 1 is 0.933 bits per heavy atom. The first kappa shape index (κ1) is 14.9. The van der Waals surface area contributed by atoms with Crippen LogP contribution in [0.5, 0.6) is 0 Å². The Morgan fingerprint density at radius 3 is 2.00 bits per heavy atom. The van der Waals surface area contributed by atoms with E-state index in [1.807, 2.05) is 0 Å². The van der Waals surface area contributed by atoms with Crippen molar-refractivity contribution in [1.82, 2.24) is 5.32 Å². The van der Waals surface area contributed by atoms with E-state index in [9.17, 15) is 0 Å². The summed E-state index contributed by atoms with van der Waals surface area (Å²) in [6.07, 6.45) is 2.40. The molecule has 0 aliphatic carbocycles. The first-order chi connectivity index (χ1) is 6.71. The molecule has 0 aliphatic heterocycles. The molecular weight excluding hydrogens is 186 g/mol. The van der Waals surface area contributed by atoms with Gasteiger partial charge in [0, 0.05) is 18.7 Å². The maximum atomic E-state index is 5.56. The van der Waals surface area contributed by atoms with Crippen molar-refractivity contribution >= 4 is 0 Å². The van der Waals surface area contributed by atoms with E-state index in [1.165, 1.54) is 12.8 Å². The Kier molecular flexibility index (Phi) is 6.46. The van der Waals surface area contributed by atoms with Crippen molar-refractivity contribution in [2.75, 3.05) is 19.8 Å². The van der Waals surface area contributed by atoms with E-state index >= 15 is 0 Å². The van der Waals surface area contributed by atoms with Crippen molar-refractivity contribution in [2.24, 2.45) is 5.41 Å². The molecule has 0 atom stereocenters. The van der Waals surface area contributed by atoms with Crippen molar-refractivity contribution in [2.45, 2.75) is 59.9 Å². The molecule has 0 saturated carbocycles. The summed E-state index contributed by atoms with van der Waals surface area (Å²) in [6, 6.07) is 0. The molecule has 0 heterocycles. The highest BCUT2D eigenvalue weighted by Crippen LogP contribution is 2.20. The fourth-order valence-electron chi connectivity index (χ4n) is 1.30. The number of hydrogen-bond acceptors (Lipinski definition) is 2. The van der Waals surface area contributed by atoms with Crippen molar-refractivity contribution in [3.8, 4) is 0 Å². The highest BCUT2D eigenvalue weighted by atomic mass is 16.5. The van der Waals surface area contributed by atoms with E-state index in [0.29, 0.717) is 5.41 Å². The van der Waals surface area contributed by atoms with Crippen LogP contribution in [-0.4, -0.2) is 25.3 Å². The minimum Gasteiger partial charge on any atom is -0.380 e. The van der Waals surface area contributed by atoms with Crippen LogP contribution in [-0.2, 0) is 4.74 Å². The SMILES string of the molecule is CC(C)(C)CCCOCCNC(C)(C)C. The monoisotopic (exact) mass is 215 g/mol. The molecule has 0 fully saturated rings. The minimum atomic E-state index is 0.203. The van der Waals surface area contributed by atoms with E-state index in [0.717, 1.165) is 19.8 Å². The first-order valence-electron chi connectivity index (χ1n) is 6.03. The summed E-state index contributed by atoms with van der Waals surface area (Å²) in [6.45, 7) is 16.0. The third-order valence-corrected chi connectivity index (χ3v) is 2.12. The molecule has 0 radical (unpaired) electrons. The van der Waals surface area contributed by atoms with Gasteiger partial charge in [-0.15, -0.1) is 0 Å². The predicted molar refractivity (Wildman–Crippen MR) is 67.3 cm³/mol. The van der Waals surface area contributed by atoms with E-state index in [4.69, 9.17) is 4.74 Å². The quantitative estimate of drug-likeness (QED) is 0.687. The molecule has 0 aromatic heterocycles. The lowest BCUT2D eigenvalue weighted by atomic mass is 9.91. The fourth-order valence-corrected chi connectivity index (χ4v) is 1.30. The second-order valence-electron chi connectivity index (χ2n) is 6.45. The van der Waals surface area contributed by atoms with Gasteiger partial charge in [0.05, 0.1) is 6.61 Å². The summed E-state index contributed by atoms with van der Waals surface area (Å²) in [7, 11) is 0. The lowest BCUT2D eigenvalue weighted by molar-refractivity contribution is 0.120. The van der Waals surface area contributed by atoms with Crippen LogP contribution in [0.3, 0.4) is 0 Å². The van der Waals surface area contributed by atoms with E-state index in [2.05, 4.69) is 46.9 Å². The van der Waals surface area contributed by atoms with Gasteiger partial charge in [0.25, 0.3) is 0 Å². The number of rotatable bonds is 6. The molecule has 0 saturated heterocycles. The van der Waals surface area contributed by atoms with Crippen LogP contribution in [0.4, 0.5) is 0 Å². The van der Waals surface area contributed by atoms with Gasteiger partial charge in [0.2, 0.25) is 0 Å². The number of ether oxygens (including phenoxy) is 1. The second-order valence-corrected chi connectivity index (χ2v) is 6.45. The molecule has 92 valence electrons. The van der Waals surface area contributed by atoms with Gasteiger partial charge < -0.3 is 10.1 Å². The van der Waals surface area contributed by atoms with E-state index in [-0.39, 0.29) is 5.54 Å². The van der Waals surface area contributed by atoms with Crippen LogP contribution in [0.25, 0.3) is 0 Å². The molecule has 0 spiro atoms. The summed E-state index contributed by atoms with van der Waals surface area (Å²) in [5.41, 5.74) is 0.641. The average Bonchev–Trinajstić information content (AvgIpc) is 1.98. The normalized spacial score (nSPS) is 13.2. The first-order valence-corrected chi connectivity index (χ1v) is 6.03. The van der Waals surface area contributed by atoms with Gasteiger partial charge in [-0.1, -0.05) is 20.8 Å². The van der Waals surface area contributed by atoms with E-state index in [1.54, 1.807) is 0 Å². The van der Waals surface area contributed by atoms with Gasteiger partial charge in [-0.2, -0.15) is 0 Å². The van der Waals surface area contributed by atoms with Crippen LogP contribution in [0.2, 0.25) is 0 Å². The third-order valence-electron chi connectivity index (χ3n) is 2.12. The smallest absolute Gasteiger partial charge is 0.0591 e. The van der Waals surface area contributed by atoms with Crippen LogP contribution >= 0.6 is 0 Å². The molecule has 0 aromatic rings. The zero-order valence-corrected chi connectivity index (χ0v) is 11.4. The summed E-state index contributed by atoms with van der Waals surface area (Å²) >= 11 is 0. The van der Waals surface area contributed by atoms with Crippen molar-refractivity contribution in [3.63, 3.8) is 0 Å². The van der Waals surface area contributed by atoms with Crippen LogP contribution in [0.1, 0.15) is 54.4 Å². The maximum absolute atomic E-state index is 5.56. The Morgan fingerprint density at radius 2 is 1.53 bits per heavy atom. The zero-order valence-electron chi connectivity index (χ0n) is 11.4. The molecule has 15 heavy (non-hydrogen) atoms. The maximum Gasteiger partial charge on any atom is 0.0591 e.